The largest absolute Gasteiger partial charge is 0.497 e. The zero-order chi connectivity index (χ0) is 14.8. The first kappa shape index (κ1) is 14.3. The fourth-order valence-electron chi connectivity index (χ4n) is 1.90. The number of hydrogen-bond donors (Lipinski definition) is 0. The molecule has 1 aliphatic heterocycles. The number of rotatable bonds is 3. The maximum Gasteiger partial charge on any atom is 0.449 e. The number of hydrogen-bond acceptors (Lipinski definition) is 3. The van der Waals surface area contributed by atoms with Crippen molar-refractivity contribution in [2.45, 2.75) is 12.1 Å². The summed E-state index contributed by atoms with van der Waals surface area (Å²) < 4.78 is 52.7. The van der Waals surface area contributed by atoms with Gasteiger partial charge in [-0.2, -0.15) is 13.2 Å². The van der Waals surface area contributed by atoms with Gasteiger partial charge in [0.15, 0.2) is 0 Å². The number of ether oxygens (including phenoxy) is 3. The zero-order valence-electron chi connectivity index (χ0n) is 10.9. The molecule has 1 atom stereocenters. The predicted octanol–water partition coefficient (Wildman–Crippen LogP) is 3.78. The predicted molar refractivity (Wildman–Crippen MR) is 66.7 cm³/mol. The molecule has 0 amide bonds. The van der Waals surface area contributed by atoms with E-state index in [9.17, 15) is 13.2 Å². The Morgan fingerprint density at radius 3 is 2.50 bits per heavy atom. The number of halogens is 3. The third kappa shape index (κ3) is 2.89. The van der Waals surface area contributed by atoms with E-state index >= 15 is 0 Å². The summed E-state index contributed by atoms with van der Waals surface area (Å²) in [6, 6.07) is 4.96. The van der Waals surface area contributed by atoms with E-state index in [0.717, 1.165) is 12.3 Å². The van der Waals surface area contributed by atoms with Gasteiger partial charge in [-0.3, -0.25) is 0 Å². The Labute approximate surface area is 114 Å². The van der Waals surface area contributed by atoms with Crippen molar-refractivity contribution in [2.75, 3.05) is 14.2 Å². The summed E-state index contributed by atoms with van der Waals surface area (Å²) >= 11 is 0. The Balaban J connectivity index is 2.38. The molecule has 0 radical (unpaired) electrons. The molecule has 1 aliphatic rings. The summed E-state index contributed by atoms with van der Waals surface area (Å²) in [6.07, 6.45) is -0.927. The average molecular weight is 286 g/mol. The number of methoxy groups -OCH3 is 2. The Kier molecular flexibility index (Phi) is 3.92. The molecule has 3 nitrogen and oxygen atoms in total. The molecule has 1 aromatic carbocycles. The quantitative estimate of drug-likeness (QED) is 0.846. The van der Waals surface area contributed by atoms with Crippen LogP contribution in [-0.2, 0) is 4.74 Å². The van der Waals surface area contributed by atoms with Gasteiger partial charge in [0.05, 0.1) is 20.5 Å². The van der Waals surface area contributed by atoms with Gasteiger partial charge in [0.2, 0.25) is 5.76 Å². The Morgan fingerprint density at radius 2 is 1.90 bits per heavy atom. The van der Waals surface area contributed by atoms with E-state index in [2.05, 4.69) is 4.74 Å². The van der Waals surface area contributed by atoms with Crippen LogP contribution in [0.25, 0.3) is 0 Å². The highest BCUT2D eigenvalue weighted by Gasteiger charge is 2.37. The molecule has 0 N–H and O–H groups in total. The lowest BCUT2D eigenvalue weighted by Gasteiger charge is -2.20. The topological polar surface area (TPSA) is 27.7 Å². The number of allylic oxidation sites excluding steroid dienone is 3. The lowest BCUT2D eigenvalue weighted by Crippen LogP contribution is -2.16. The van der Waals surface area contributed by atoms with E-state index in [0.29, 0.717) is 17.1 Å². The van der Waals surface area contributed by atoms with Crippen LogP contribution in [0.15, 0.2) is 42.4 Å². The highest BCUT2D eigenvalue weighted by atomic mass is 19.4. The first-order valence-electron chi connectivity index (χ1n) is 5.80. The van der Waals surface area contributed by atoms with Crippen LogP contribution in [0.3, 0.4) is 0 Å². The van der Waals surface area contributed by atoms with E-state index in [1.54, 1.807) is 18.2 Å². The SMILES string of the molecule is COc1ccc(C2C=COC(C(F)(F)F)=C2)c(OC)c1. The Hall–Kier alpha value is -2.11. The number of benzene rings is 1. The lowest BCUT2D eigenvalue weighted by molar-refractivity contribution is -0.123. The summed E-state index contributed by atoms with van der Waals surface area (Å²) in [4.78, 5) is 0. The highest BCUT2D eigenvalue weighted by Crippen LogP contribution is 2.37. The second-order valence-electron chi connectivity index (χ2n) is 4.11. The van der Waals surface area contributed by atoms with Crippen molar-refractivity contribution in [3.63, 3.8) is 0 Å². The molecule has 1 aromatic rings. The lowest BCUT2D eigenvalue weighted by atomic mass is 9.96. The van der Waals surface area contributed by atoms with Gasteiger partial charge in [0.25, 0.3) is 0 Å². The van der Waals surface area contributed by atoms with Crippen molar-refractivity contribution < 1.29 is 27.4 Å². The van der Waals surface area contributed by atoms with Gasteiger partial charge >= 0.3 is 6.18 Å². The smallest absolute Gasteiger partial charge is 0.449 e. The van der Waals surface area contributed by atoms with Crippen molar-refractivity contribution >= 4 is 0 Å². The average Bonchev–Trinajstić information content (AvgIpc) is 2.45. The van der Waals surface area contributed by atoms with Crippen molar-refractivity contribution in [2.24, 2.45) is 0 Å². The fraction of sp³-hybridized carbons (Fsp3) is 0.286. The molecule has 108 valence electrons. The zero-order valence-corrected chi connectivity index (χ0v) is 10.9. The summed E-state index contributed by atoms with van der Waals surface area (Å²) in [5.74, 6) is -0.565. The molecule has 0 saturated carbocycles. The molecule has 0 spiro atoms. The van der Waals surface area contributed by atoms with Gasteiger partial charge in [-0.05, 0) is 18.2 Å². The summed E-state index contributed by atoms with van der Waals surface area (Å²) in [5, 5.41) is 0. The van der Waals surface area contributed by atoms with Crippen LogP contribution >= 0.6 is 0 Å². The van der Waals surface area contributed by atoms with Crippen LogP contribution in [0.1, 0.15) is 11.5 Å². The third-order valence-corrected chi connectivity index (χ3v) is 2.89. The summed E-state index contributed by atoms with van der Waals surface area (Å²) in [5.41, 5.74) is 0.606. The normalized spacial score (nSPS) is 18.2. The van der Waals surface area contributed by atoms with Gasteiger partial charge in [-0.25, -0.2) is 0 Å². The van der Waals surface area contributed by atoms with E-state index in [4.69, 9.17) is 9.47 Å². The monoisotopic (exact) mass is 286 g/mol. The molecule has 0 saturated heterocycles. The Bertz CT molecular complexity index is 547. The molecule has 0 aliphatic carbocycles. The van der Waals surface area contributed by atoms with Crippen molar-refractivity contribution in [3.8, 4) is 11.5 Å². The number of alkyl halides is 3. The van der Waals surface area contributed by atoms with Crippen LogP contribution < -0.4 is 9.47 Å². The molecular weight excluding hydrogens is 273 g/mol. The van der Waals surface area contributed by atoms with E-state index in [1.807, 2.05) is 0 Å². The third-order valence-electron chi connectivity index (χ3n) is 2.89. The fourth-order valence-corrected chi connectivity index (χ4v) is 1.90. The molecule has 0 bridgehead atoms. The van der Waals surface area contributed by atoms with Gasteiger partial charge in [-0.15, -0.1) is 0 Å². The minimum Gasteiger partial charge on any atom is -0.497 e. The minimum absolute atomic E-state index is 0.457. The van der Waals surface area contributed by atoms with Crippen LogP contribution in [0, 0.1) is 0 Å². The molecule has 2 rings (SSSR count). The van der Waals surface area contributed by atoms with Gasteiger partial charge < -0.3 is 14.2 Å². The molecular formula is C14H13F3O3. The van der Waals surface area contributed by atoms with Gasteiger partial charge in [0.1, 0.15) is 11.5 Å². The van der Waals surface area contributed by atoms with Crippen molar-refractivity contribution in [1.82, 2.24) is 0 Å². The van der Waals surface area contributed by atoms with Crippen LogP contribution in [-0.4, -0.2) is 20.4 Å². The summed E-state index contributed by atoms with van der Waals surface area (Å²) in [6.45, 7) is 0. The summed E-state index contributed by atoms with van der Waals surface area (Å²) in [7, 11) is 2.96. The van der Waals surface area contributed by atoms with Crippen molar-refractivity contribution in [3.05, 3.63) is 47.9 Å². The van der Waals surface area contributed by atoms with Gasteiger partial charge in [-0.1, -0.05) is 6.07 Å². The molecule has 1 unspecified atom stereocenters. The molecule has 20 heavy (non-hydrogen) atoms. The Morgan fingerprint density at radius 1 is 1.15 bits per heavy atom. The van der Waals surface area contributed by atoms with Gasteiger partial charge in [0, 0.05) is 17.5 Å². The van der Waals surface area contributed by atoms with Crippen LogP contribution in [0.4, 0.5) is 13.2 Å². The maximum atomic E-state index is 12.7. The van der Waals surface area contributed by atoms with Crippen LogP contribution in [0.5, 0.6) is 11.5 Å². The van der Waals surface area contributed by atoms with E-state index in [-0.39, 0.29) is 0 Å². The maximum absolute atomic E-state index is 12.7. The highest BCUT2D eigenvalue weighted by molar-refractivity contribution is 5.46. The van der Waals surface area contributed by atoms with E-state index in [1.165, 1.54) is 20.3 Å². The minimum atomic E-state index is -4.51. The second-order valence-corrected chi connectivity index (χ2v) is 4.11. The van der Waals surface area contributed by atoms with E-state index < -0.39 is 17.9 Å². The van der Waals surface area contributed by atoms with Crippen LogP contribution in [0.2, 0.25) is 0 Å². The second kappa shape index (κ2) is 5.48. The first-order chi connectivity index (χ1) is 9.45. The molecule has 0 aromatic heterocycles. The standard InChI is InChI=1S/C14H13F3O3/c1-18-10-3-4-11(12(8-10)19-2)9-5-6-20-13(7-9)14(15,16)17/h3-9H,1-2H3. The molecule has 0 fully saturated rings. The molecule has 6 heteroatoms. The molecule has 1 heterocycles. The first-order valence-corrected chi connectivity index (χ1v) is 5.80. The van der Waals surface area contributed by atoms with Crippen molar-refractivity contribution in [1.29, 1.82) is 0 Å².